The van der Waals surface area contributed by atoms with E-state index in [1.165, 1.54) is 5.56 Å². The average molecular weight is 255 g/mol. The number of nitrogens with zero attached hydrogens (tertiary/aromatic N) is 1. The van der Waals surface area contributed by atoms with Crippen molar-refractivity contribution in [1.82, 2.24) is 0 Å². The number of oxime groups is 1. The molecule has 98 valence electrons. The molecule has 0 aliphatic rings. The molecule has 0 unspecified atom stereocenters. The summed E-state index contributed by atoms with van der Waals surface area (Å²) in [6.07, 6.45) is 1.71. The topological polar surface area (TPSA) is 30.8 Å². The largest absolute Gasteiger partial charge is 0.497 e. The summed E-state index contributed by atoms with van der Waals surface area (Å²) in [7, 11) is 1.65. The Labute approximate surface area is 113 Å². The summed E-state index contributed by atoms with van der Waals surface area (Å²) in [6.45, 7) is 2.51. The second-order valence-corrected chi connectivity index (χ2v) is 4.27. The second-order valence-electron chi connectivity index (χ2n) is 4.27. The molecule has 0 aliphatic carbocycles. The Hall–Kier alpha value is -2.29. The first-order valence-corrected chi connectivity index (χ1v) is 6.13. The molecular weight excluding hydrogens is 238 g/mol. The molecule has 2 aromatic rings. The number of hydrogen-bond acceptors (Lipinski definition) is 3. The van der Waals surface area contributed by atoms with E-state index in [0.29, 0.717) is 6.61 Å². The van der Waals surface area contributed by atoms with Gasteiger partial charge < -0.3 is 9.57 Å². The van der Waals surface area contributed by atoms with Crippen molar-refractivity contribution in [3.05, 3.63) is 65.2 Å². The van der Waals surface area contributed by atoms with Crippen LogP contribution < -0.4 is 4.74 Å². The molecule has 0 aromatic heterocycles. The molecule has 0 radical (unpaired) electrons. The molecule has 3 nitrogen and oxygen atoms in total. The van der Waals surface area contributed by atoms with E-state index in [2.05, 4.69) is 12.1 Å². The maximum absolute atomic E-state index is 5.26. The molecule has 0 fully saturated rings. The maximum Gasteiger partial charge on any atom is 0.142 e. The smallest absolute Gasteiger partial charge is 0.142 e. The second kappa shape index (κ2) is 6.59. The molecule has 0 N–H and O–H groups in total. The van der Waals surface area contributed by atoms with Gasteiger partial charge in [-0.05, 0) is 30.2 Å². The fourth-order valence-corrected chi connectivity index (χ4v) is 1.58. The van der Waals surface area contributed by atoms with E-state index >= 15 is 0 Å². The molecule has 0 saturated carbocycles. The van der Waals surface area contributed by atoms with Gasteiger partial charge in [0.15, 0.2) is 0 Å². The van der Waals surface area contributed by atoms with Crippen molar-refractivity contribution in [3.8, 4) is 5.75 Å². The Balaban J connectivity index is 1.83. The highest BCUT2D eigenvalue weighted by Crippen LogP contribution is 2.11. The fourth-order valence-electron chi connectivity index (χ4n) is 1.58. The van der Waals surface area contributed by atoms with E-state index in [4.69, 9.17) is 9.57 Å². The molecular formula is C16H17NO2. The zero-order valence-electron chi connectivity index (χ0n) is 11.2. The van der Waals surface area contributed by atoms with Gasteiger partial charge in [-0.3, -0.25) is 0 Å². The Morgan fingerprint density at radius 1 is 1.00 bits per heavy atom. The summed E-state index contributed by atoms with van der Waals surface area (Å²) in [6, 6.07) is 15.8. The van der Waals surface area contributed by atoms with Gasteiger partial charge in [-0.15, -0.1) is 0 Å². The Kier molecular flexibility index (Phi) is 4.56. The highest BCUT2D eigenvalue weighted by atomic mass is 16.6. The Bertz CT molecular complexity index is 530. The van der Waals surface area contributed by atoms with E-state index in [0.717, 1.165) is 16.9 Å². The van der Waals surface area contributed by atoms with Crippen molar-refractivity contribution < 1.29 is 9.57 Å². The molecule has 0 bridgehead atoms. The van der Waals surface area contributed by atoms with E-state index in [9.17, 15) is 0 Å². The number of rotatable bonds is 5. The molecule has 0 heterocycles. The normalized spacial score (nSPS) is 10.6. The lowest BCUT2D eigenvalue weighted by Gasteiger charge is -2.02. The van der Waals surface area contributed by atoms with Crippen molar-refractivity contribution >= 4 is 6.21 Å². The van der Waals surface area contributed by atoms with Crippen LogP contribution in [0.2, 0.25) is 0 Å². The lowest BCUT2D eigenvalue weighted by Crippen LogP contribution is -1.89. The fraction of sp³-hybridized carbons (Fsp3) is 0.188. The van der Waals surface area contributed by atoms with E-state index in [1.54, 1.807) is 13.3 Å². The predicted octanol–water partition coefficient (Wildman–Crippen LogP) is 3.55. The highest BCUT2D eigenvalue weighted by molar-refractivity contribution is 5.79. The number of aryl methyl sites for hydroxylation is 1. The third kappa shape index (κ3) is 4.14. The van der Waals surface area contributed by atoms with E-state index < -0.39 is 0 Å². The summed E-state index contributed by atoms with van der Waals surface area (Å²) >= 11 is 0. The van der Waals surface area contributed by atoms with Crippen molar-refractivity contribution in [1.29, 1.82) is 0 Å². The maximum atomic E-state index is 5.26. The minimum atomic E-state index is 0.451. The van der Waals surface area contributed by atoms with Crippen molar-refractivity contribution in [2.24, 2.45) is 5.16 Å². The van der Waals surface area contributed by atoms with Crippen LogP contribution >= 0.6 is 0 Å². The minimum Gasteiger partial charge on any atom is -0.497 e. The van der Waals surface area contributed by atoms with Crippen LogP contribution in [0.1, 0.15) is 16.7 Å². The third-order valence-corrected chi connectivity index (χ3v) is 2.74. The average Bonchev–Trinajstić information content (AvgIpc) is 2.46. The van der Waals surface area contributed by atoms with Gasteiger partial charge >= 0.3 is 0 Å². The van der Waals surface area contributed by atoms with E-state index in [1.807, 2.05) is 48.5 Å². The van der Waals surface area contributed by atoms with E-state index in [-0.39, 0.29) is 0 Å². The number of methoxy groups -OCH3 is 1. The number of ether oxygens (including phenoxy) is 1. The Morgan fingerprint density at radius 2 is 1.68 bits per heavy atom. The molecule has 19 heavy (non-hydrogen) atoms. The van der Waals surface area contributed by atoms with Crippen LogP contribution in [0, 0.1) is 6.92 Å². The van der Waals surface area contributed by atoms with Gasteiger partial charge in [0.1, 0.15) is 12.4 Å². The first kappa shape index (κ1) is 13.1. The monoisotopic (exact) mass is 255 g/mol. The van der Waals surface area contributed by atoms with Gasteiger partial charge in [0.05, 0.1) is 13.3 Å². The van der Waals surface area contributed by atoms with Crippen LogP contribution in [-0.2, 0) is 11.4 Å². The van der Waals surface area contributed by atoms with Gasteiger partial charge in [-0.1, -0.05) is 47.1 Å². The van der Waals surface area contributed by atoms with Gasteiger partial charge in [-0.2, -0.15) is 0 Å². The number of hydrogen-bond donors (Lipinski definition) is 0. The van der Waals surface area contributed by atoms with Gasteiger partial charge in [0.2, 0.25) is 0 Å². The quantitative estimate of drug-likeness (QED) is 0.604. The summed E-state index contributed by atoms with van der Waals surface area (Å²) in [5, 5.41) is 3.95. The molecule has 2 rings (SSSR count). The molecule has 0 aliphatic heterocycles. The molecule has 0 saturated heterocycles. The van der Waals surface area contributed by atoms with Crippen LogP contribution in [0.3, 0.4) is 0 Å². The van der Waals surface area contributed by atoms with Crippen LogP contribution in [0.15, 0.2) is 53.7 Å². The van der Waals surface area contributed by atoms with Gasteiger partial charge in [0, 0.05) is 0 Å². The number of benzene rings is 2. The van der Waals surface area contributed by atoms with Crippen molar-refractivity contribution in [2.45, 2.75) is 13.5 Å². The minimum absolute atomic E-state index is 0.451. The third-order valence-electron chi connectivity index (χ3n) is 2.74. The zero-order valence-corrected chi connectivity index (χ0v) is 11.2. The van der Waals surface area contributed by atoms with Crippen LogP contribution in [-0.4, -0.2) is 13.3 Å². The van der Waals surface area contributed by atoms with Crippen molar-refractivity contribution in [3.63, 3.8) is 0 Å². The first-order chi connectivity index (χ1) is 9.28. The Morgan fingerprint density at radius 3 is 2.32 bits per heavy atom. The van der Waals surface area contributed by atoms with Gasteiger partial charge in [-0.25, -0.2) is 0 Å². The summed E-state index contributed by atoms with van der Waals surface area (Å²) in [5.74, 6) is 0.840. The van der Waals surface area contributed by atoms with Crippen LogP contribution in [0.5, 0.6) is 5.75 Å². The van der Waals surface area contributed by atoms with Crippen molar-refractivity contribution in [2.75, 3.05) is 7.11 Å². The standard InChI is InChI=1S/C16H17NO2/c1-13-3-5-14(6-4-13)11-17-19-12-15-7-9-16(18-2)10-8-15/h3-11H,12H2,1-2H3/b17-11+. The molecule has 2 aromatic carbocycles. The lowest BCUT2D eigenvalue weighted by atomic mass is 10.2. The first-order valence-electron chi connectivity index (χ1n) is 6.13. The molecule has 3 heteroatoms. The highest BCUT2D eigenvalue weighted by Gasteiger charge is 1.94. The molecule has 0 amide bonds. The van der Waals surface area contributed by atoms with Crippen LogP contribution in [0.25, 0.3) is 0 Å². The van der Waals surface area contributed by atoms with Crippen LogP contribution in [0.4, 0.5) is 0 Å². The summed E-state index contributed by atoms with van der Waals surface area (Å²) in [5.41, 5.74) is 3.32. The lowest BCUT2D eigenvalue weighted by molar-refractivity contribution is 0.132. The zero-order chi connectivity index (χ0) is 13.5. The SMILES string of the molecule is COc1ccc(CO/N=C/c2ccc(C)cc2)cc1. The molecule has 0 atom stereocenters. The summed E-state index contributed by atoms with van der Waals surface area (Å²) in [4.78, 5) is 5.26. The summed E-state index contributed by atoms with van der Waals surface area (Å²) < 4.78 is 5.09. The van der Waals surface area contributed by atoms with Gasteiger partial charge in [0.25, 0.3) is 0 Å². The molecule has 0 spiro atoms. The predicted molar refractivity (Wildman–Crippen MR) is 76.6 cm³/mol.